The summed E-state index contributed by atoms with van der Waals surface area (Å²) in [7, 11) is 0. The molecule has 0 unspecified atom stereocenters. The standard InChI is InChI=1S/C14H13ClN2O3/c1-3-20-14(19)10-7-16-13-9(5-4-6-11(13)15)12(10)17-8(2)18/h4-7H,3H2,1-2H3,(H,16,17,18). The molecule has 1 aromatic carbocycles. The van der Waals surface area contributed by atoms with Crippen LogP contribution >= 0.6 is 11.6 Å². The second kappa shape index (κ2) is 5.88. The number of nitrogens with zero attached hydrogens (tertiary/aromatic N) is 1. The van der Waals surface area contributed by atoms with Crippen LogP contribution in [-0.2, 0) is 9.53 Å². The van der Waals surface area contributed by atoms with Gasteiger partial charge >= 0.3 is 5.97 Å². The van der Waals surface area contributed by atoms with E-state index >= 15 is 0 Å². The Kier molecular flexibility index (Phi) is 4.20. The number of hydrogen-bond acceptors (Lipinski definition) is 4. The van der Waals surface area contributed by atoms with Gasteiger partial charge in [-0.05, 0) is 13.0 Å². The first-order chi connectivity index (χ1) is 9.54. The summed E-state index contributed by atoms with van der Waals surface area (Å²) < 4.78 is 4.97. The van der Waals surface area contributed by atoms with Crippen molar-refractivity contribution in [1.82, 2.24) is 4.98 Å². The lowest BCUT2D eigenvalue weighted by atomic mass is 10.1. The van der Waals surface area contributed by atoms with Crippen molar-refractivity contribution in [1.29, 1.82) is 0 Å². The molecule has 0 aliphatic rings. The number of para-hydroxylation sites is 1. The number of esters is 1. The van der Waals surface area contributed by atoms with Gasteiger partial charge in [0.05, 0.1) is 22.8 Å². The van der Waals surface area contributed by atoms with Crippen molar-refractivity contribution in [3.05, 3.63) is 35.0 Å². The average Bonchev–Trinajstić information content (AvgIpc) is 2.39. The number of pyridine rings is 1. The van der Waals surface area contributed by atoms with Crippen molar-refractivity contribution in [3.63, 3.8) is 0 Å². The first kappa shape index (κ1) is 14.3. The fraction of sp³-hybridized carbons (Fsp3) is 0.214. The van der Waals surface area contributed by atoms with Crippen molar-refractivity contribution >= 4 is 40.1 Å². The van der Waals surface area contributed by atoms with Crippen molar-refractivity contribution in [2.75, 3.05) is 11.9 Å². The number of rotatable bonds is 3. The first-order valence-electron chi connectivity index (χ1n) is 6.06. The van der Waals surface area contributed by atoms with Crippen molar-refractivity contribution < 1.29 is 14.3 Å². The molecular weight excluding hydrogens is 280 g/mol. The molecule has 0 spiro atoms. The zero-order valence-corrected chi connectivity index (χ0v) is 11.8. The van der Waals surface area contributed by atoms with E-state index in [2.05, 4.69) is 10.3 Å². The van der Waals surface area contributed by atoms with E-state index in [9.17, 15) is 9.59 Å². The molecule has 1 aromatic heterocycles. The van der Waals surface area contributed by atoms with Gasteiger partial charge in [0.25, 0.3) is 0 Å². The number of anilines is 1. The van der Waals surface area contributed by atoms with Crippen molar-refractivity contribution in [3.8, 4) is 0 Å². The highest BCUT2D eigenvalue weighted by Crippen LogP contribution is 2.30. The monoisotopic (exact) mass is 292 g/mol. The quantitative estimate of drug-likeness (QED) is 0.883. The number of halogens is 1. The molecule has 104 valence electrons. The number of fused-ring (bicyclic) bond motifs is 1. The summed E-state index contributed by atoms with van der Waals surface area (Å²) in [5, 5.41) is 3.69. The third-order valence-electron chi connectivity index (χ3n) is 2.64. The van der Waals surface area contributed by atoms with Gasteiger partial charge in [0.15, 0.2) is 0 Å². The molecule has 1 heterocycles. The summed E-state index contributed by atoms with van der Waals surface area (Å²) in [4.78, 5) is 27.5. The third-order valence-corrected chi connectivity index (χ3v) is 2.95. The maximum Gasteiger partial charge on any atom is 0.341 e. The molecular formula is C14H13ClN2O3. The molecule has 0 saturated heterocycles. The molecule has 0 atom stereocenters. The number of ether oxygens (including phenoxy) is 1. The number of carbonyl (C=O) groups is 2. The number of aromatic nitrogens is 1. The van der Waals surface area contributed by atoms with Crippen LogP contribution in [0.5, 0.6) is 0 Å². The van der Waals surface area contributed by atoms with E-state index in [0.29, 0.717) is 21.6 Å². The van der Waals surface area contributed by atoms with E-state index in [1.807, 2.05) is 0 Å². The lowest BCUT2D eigenvalue weighted by Gasteiger charge is -2.12. The van der Waals surface area contributed by atoms with Crippen molar-refractivity contribution in [2.45, 2.75) is 13.8 Å². The van der Waals surface area contributed by atoms with Crippen LogP contribution in [0.25, 0.3) is 10.9 Å². The van der Waals surface area contributed by atoms with Gasteiger partial charge in [-0.3, -0.25) is 9.78 Å². The summed E-state index contributed by atoms with van der Waals surface area (Å²) in [6, 6.07) is 5.16. The predicted octanol–water partition coefficient (Wildman–Crippen LogP) is 3.02. The molecule has 0 aliphatic carbocycles. The molecule has 0 radical (unpaired) electrons. The molecule has 5 nitrogen and oxygen atoms in total. The number of hydrogen-bond donors (Lipinski definition) is 1. The molecule has 1 amide bonds. The fourth-order valence-corrected chi connectivity index (χ4v) is 2.08. The molecule has 0 aliphatic heterocycles. The Hall–Kier alpha value is -2.14. The van der Waals surface area contributed by atoms with Crippen LogP contribution in [-0.4, -0.2) is 23.5 Å². The number of benzene rings is 1. The minimum atomic E-state index is -0.536. The Morgan fingerprint density at radius 1 is 1.40 bits per heavy atom. The van der Waals surface area contributed by atoms with Crippen LogP contribution in [0.3, 0.4) is 0 Å². The molecule has 0 bridgehead atoms. The van der Waals surface area contributed by atoms with E-state index in [0.717, 1.165) is 0 Å². The van der Waals surface area contributed by atoms with Gasteiger partial charge in [-0.25, -0.2) is 4.79 Å². The highest BCUT2D eigenvalue weighted by Gasteiger charge is 2.18. The zero-order chi connectivity index (χ0) is 14.7. The van der Waals surface area contributed by atoms with Crippen molar-refractivity contribution in [2.24, 2.45) is 0 Å². The van der Waals surface area contributed by atoms with Crippen LogP contribution in [0.1, 0.15) is 24.2 Å². The molecule has 20 heavy (non-hydrogen) atoms. The summed E-state index contributed by atoms with van der Waals surface area (Å²) in [5.74, 6) is -0.825. The molecule has 2 aromatic rings. The van der Waals surface area contributed by atoms with E-state index in [-0.39, 0.29) is 18.1 Å². The van der Waals surface area contributed by atoms with Gasteiger partial charge in [0.1, 0.15) is 5.56 Å². The lowest BCUT2D eigenvalue weighted by Crippen LogP contribution is -2.14. The molecule has 6 heteroatoms. The van der Waals surface area contributed by atoms with Crippen LogP contribution in [0.4, 0.5) is 5.69 Å². The second-order valence-corrected chi connectivity index (χ2v) is 4.49. The smallest absolute Gasteiger partial charge is 0.341 e. The Balaban J connectivity index is 2.69. The van der Waals surface area contributed by atoms with E-state index in [1.54, 1.807) is 25.1 Å². The average molecular weight is 293 g/mol. The summed E-state index contributed by atoms with van der Waals surface area (Å²) >= 11 is 6.07. The Morgan fingerprint density at radius 2 is 2.15 bits per heavy atom. The summed E-state index contributed by atoms with van der Waals surface area (Å²) in [5.41, 5.74) is 1.09. The maximum absolute atomic E-state index is 11.9. The Labute approximate surface area is 120 Å². The molecule has 2 rings (SSSR count). The SMILES string of the molecule is CCOC(=O)c1cnc2c(Cl)cccc2c1NC(C)=O. The topological polar surface area (TPSA) is 68.3 Å². The zero-order valence-electron chi connectivity index (χ0n) is 11.1. The van der Waals surface area contributed by atoms with Crippen LogP contribution in [0, 0.1) is 0 Å². The largest absolute Gasteiger partial charge is 0.462 e. The van der Waals surface area contributed by atoms with Gasteiger partial charge < -0.3 is 10.1 Å². The minimum absolute atomic E-state index is 0.205. The number of amides is 1. The van der Waals surface area contributed by atoms with Gasteiger partial charge in [-0.1, -0.05) is 23.7 Å². The number of carbonyl (C=O) groups excluding carboxylic acids is 2. The summed E-state index contributed by atoms with van der Waals surface area (Å²) in [6.45, 7) is 3.32. The van der Waals surface area contributed by atoms with Gasteiger partial charge in [0, 0.05) is 18.5 Å². The van der Waals surface area contributed by atoms with E-state index in [1.165, 1.54) is 13.1 Å². The van der Waals surface area contributed by atoms with Gasteiger partial charge in [0.2, 0.25) is 5.91 Å². The Bertz CT molecular complexity index is 685. The van der Waals surface area contributed by atoms with Gasteiger partial charge in [-0.15, -0.1) is 0 Å². The highest BCUT2D eigenvalue weighted by molar-refractivity contribution is 6.35. The van der Waals surface area contributed by atoms with E-state index in [4.69, 9.17) is 16.3 Å². The lowest BCUT2D eigenvalue weighted by molar-refractivity contribution is -0.114. The maximum atomic E-state index is 11.9. The summed E-state index contributed by atoms with van der Waals surface area (Å²) in [6.07, 6.45) is 1.36. The first-order valence-corrected chi connectivity index (χ1v) is 6.44. The third kappa shape index (κ3) is 2.72. The highest BCUT2D eigenvalue weighted by atomic mass is 35.5. The molecule has 0 fully saturated rings. The molecule has 1 N–H and O–H groups in total. The normalized spacial score (nSPS) is 10.3. The van der Waals surface area contributed by atoms with Crippen LogP contribution in [0.2, 0.25) is 5.02 Å². The van der Waals surface area contributed by atoms with Crippen LogP contribution < -0.4 is 5.32 Å². The Morgan fingerprint density at radius 3 is 2.80 bits per heavy atom. The van der Waals surface area contributed by atoms with Gasteiger partial charge in [-0.2, -0.15) is 0 Å². The fourth-order valence-electron chi connectivity index (χ4n) is 1.86. The second-order valence-electron chi connectivity index (χ2n) is 4.08. The molecule has 0 saturated carbocycles. The van der Waals surface area contributed by atoms with E-state index < -0.39 is 5.97 Å². The number of nitrogens with one attached hydrogen (secondary N) is 1. The predicted molar refractivity (Wildman–Crippen MR) is 77.0 cm³/mol. The minimum Gasteiger partial charge on any atom is -0.462 e. The van der Waals surface area contributed by atoms with Crippen LogP contribution in [0.15, 0.2) is 24.4 Å².